The number of anilines is 1. The normalized spacial score (nSPS) is 14.8. The Labute approximate surface area is 142 Å². The summed E-state index contributed by atoms with van der Waals surface area (Å²) < 4.78 is 2.01. The van der Waals surface area contributed by atoms with E-state index in [9.17, 15) is 4.79 Å². The van der Waals surface area contributed by atoms with Gasteiger partial charge in [0.2, 0.25) is 11.9 Å². The highest BCUT2D eigenvalue weighted by Crippen LogP contribution is 2.13. The lowest BCUT2D eigenvalue weighted by atomic mass is 10.2. The first-order valence-electron chi connectivity index (χ1n) is 7.48. The van der Waals surface area contributed by atoms with Gasteiger partial charge in [0.25, 0.3) is 0 Å². The molecule has 0 radical (unpaired) electrons. The molecule has 5 nitrogen and oxygen atoms in total. The Hall–Kier alpha value is -2.27. The van der Waals surface area contributed by atoms with E-state index in [2.05, 4.69) is 9.88 Å². The van der Waals surface area contributed by atoms with E-state index < -0.39 is 0 Å². The van der Waals surface area contributed by atoms with Gasteiger partial charge in [-0.25, -0.2) is 4.98 Å². The van der Waals surface area contributed by atoms with Crippen LogP contribution in [0.3, 0.4) is 0 Å². The van der Waals surface area contributed by atoms with Crippen LogP contribution in [0.4, 0.5) is 5.95 Å². The second-order valence-electron chi connectivity index (χ2n) is 5.39. The van der Waals surface area contributed by atoms with Crippen molar-refractivity contribution >= 4 is 30.3 Å². The molecular weight excluding hydrogens is 312 g/mol. The second kappa shape index (κ2) is 7.83. The van der Waals surface area contributed by atoms with E-state index in [1.165, 1.54) is 0 Å². The molecule has 1 aliphatic heterocycles. The largest absolute Gasteiger partial charge is 0.339 e. The highest BCUT2D eigenvalue weighted by atomic mass is 35.5. The maximum Gasteiger partial charge on any atom is 0.246 e. The number of imidazole rings is 1. The van der Waals surface area contributed by atoms with E-state index in [1.807, 2.05) is 59.1 Å². The molecule has 0 saturated carbocycles. The highest BCUT2D eigenvalue weighted by Gasteiger charge is 2.21. The number of piperazine rings is 1. The molecule has 1 saturated heterocycles. The quantitative estimate of drug-likeness (QED) is 0.809. The number of carbonyl (C=O) groups is 1. The molecule has 0 bridgehead atoms. The number of benzene rings is 1. The molecule has 2 heterocycles. The zero-order valence-corrected chi connectivity index (χ0v) is 13.9. The van der Waals surface area contributed by atoms with E-state index in [0.29, 0.717) is 0 Å². The number of carbonyl (C=O) groups excluding carboxylic acids is 1. The minimum Gasteiger partial charge on any atom is -0.339 e. The Balaban J connectivity index is 0.00000192. The third-order valence-corrected chi connectivity index (χ3v) is 3.89. The number of hydrogen-bond acceptors (Lipinski definition) is 3. The fourth-order valence-electron chi connectivity index (χ4n) is 2.63. The van der Waals surface area contributed by atoms with Gasteiger partial charge in [-0.3, -0.25) is 4.79 Å². The van der Waals surface area contributed by atoms with Gasteiger partial charge in [0, 0.05) is 51.7 Å². The highest BCUT2D eigenvalue weighted by molar-refractivity contribution is 5.91. The minimum atomic E-state index is 0. The van der Waals surface area contributed by atoms with Crippen molar-refractivity contribution in [2.24, 2.45) is 7.05 Å². The third kappa shape index (κ3) is 4.13. The number of aryl methyl sites for hydroxylation is 1. The fraction of sp³-hybridized carbons (Fsp3) is 0.294. The first-order chi connectivity index (χ1) is 10.7. The number of amides is 1. The van der Waals surface area contributed by atoms with Gasteiger partial charge < -0.3 is 14.4 Å². The van der Waals surface area contributed by atoms with Crippen molar-refractivity contribution in [2.45, 2.75) is 0 Å². The first-order valence-corrected chi connectivity index (χ1v) is 7.48. The maximum absolute atomic E-state index is 12.2. The van der Waals surface area contributed by atoms with Crippen LogP contribution in [-0.4, -0.2) is 46.5 Å². The van der Waals surface area contributed by atoms with Crippen molar-refractivity contribution in [1.82, 2.24) is 14.5 Å². The average molecular weight is 333 g/mol. The van der Waals surface area contributed by atoms with Gasteiger partial charge in [-0.2, -0.15) is 0 Å². The summed E-state index contributed by atoms with van der Waals surface area (Å²) >= 11 is 0. The predicted octanol–water partition coefficient (Wildman–Crippen LogP) is 2.20. The molecule has 122 valence electrons. The molecule has 0 unspecified atom stereocenters. The van der Waals surface area contributed by atoms with Crippen molar-refractivity contribution in [3.63, 3.8) is 0 Å². The van der Waals surface area contributed by atoms with Gasteiger partial charge in [0.15, 0.2) is 0 Å². The van der Waals surface area contributed by atoms with Crippen LogP contribution < -0.4 is 4.90 Å². The van der Waals surface area contributed by atoms with Crippen LogP contribution in [-0.2, 0) is 11.8 Å². The lowest BCUT2D eigenvalue weighted by Crippen LogP contribution is -2.49. The molecule has 1 aromatic carbocycles. The van der Waals surface area contributed by atoms with Gasteiger partial charge in [-0.1, -0.05) is 30.3 Å². The summed E-state index contributed by atoms with van der Waals surface area (Å²) in [6.07, 6.45) is 7.27. The van der Waals surface area contributed by atoms with Gasteiger partial charge >= 0.3 is 0 Å². The molecule has 0 spiro atoms. The molecule has 1 aromatic heterocycles. The molecule has 1 amide bonds. The second-order valence-corrected chi connectivity index (χ2v) is 5.39. The molecule has 1 fully saturated rings. The lowest BCUT2D eigenvalue weighted by molar-refractivity contribution is -0.126. The summed E-state index contributed by atoms with van der Waals surface area (Å²) in [5.74, 6) is 1.04. The SMILES string of the molecule is Cl.Cn1ccnc1N1CCN(C(=O)/C=C/c2ccccc2)CC1. The number of aromatic nitrogens is 2. The molecular formula is C17H21ClN4O. The van der Waals surface area contributed by atoms with Crippen LogP contribution in [0, 0.1) is 0 Å². The van der Waals surface area contributed by atoms with E-state index in [-0.39, 0.29) is 18.3 Å². The summed E-state index contributed by atoms with van der Waals surface area (Å²) in [5, 5.41) is 0. The van der Waals surface area contributed by atoms with Gasteiger partial charge in [0.1, 0.15) is 0 Å². The average Bonchev–Trinajstić information content (AvgIpc) is 3.00. The van der Waals surface area contributed by atoms with Crippen LogP contribution in [0.5, 0.6) is 0 Å². The van der Waals surface area contributed by atoms with Gasteiger partial charge in [-0.15, -0.1) is 12.4 Å². The first kappa shape index (κ1) is 17.1. The van der Waals surface area contributed by atoms with Crippen LogP contribution >= 0.6 is 12.4 Å². The number of hydrogen-bond donors (Lipinski definition) is 0. The summed E-state index contributed by atoms with van der Waals surface area (Å²) in [6.45, 7) is 3.08. The zero-order valence-electron chi connectivity index (χ0n) is 13.1. The van der Waals surface area contributed by atoms with Crippen molar-refractivity contribution in [1.29, 1.82) is 0 Å². The minimum absolute atomic E-state index is 0. The van der Waals surface area contributed by atoms with E-state index in [0.717, 1.165) is 37.7 Å². The monoisotopic (exact) mass is 332 g/mol. The molecule has 1 aliphatic rings. The third-order valence-electron chi connectivity index (χ3n) is 3.89. The Bertz CT molecular complexity index is 660. The van der Waals surface area contributed by atoms with Gasteiger partial charge in [-0.05, 0) is 11.6 Å². The predicted molar refractivity (Wildman–Crippen MR) is 94.7 cm³/mol. The van der Waals surface area contributed by atoms with Crippen molar-refractivity contribution < 1.29 is 4.79 Å². The molecule has 2 aromatic rings. The topological polar surface area (TPSA) is 41.4 Å². The number of rotatable bonds is 3. The van der Waals surface area contributed by atoms with E-state index in [4.69, 9.17) is 0 Å². The van der Waals surface area contributed by atoms with Crippen molar-refractivity contribution in [3.05, 3.63) is 54.4 Å². The van der Waals surface area contributed by atoms with Crippen molar-refractivity contribution in [2.75, 3.05) is 31.1 Å². The van der Waals surface area contributed by atoms with E-state index in [1.54, 1.807) is 12.3 Å². The van der Waals surface area contributed by atoms with Gasteiger partial charge in [0.05, 0.1) is 0 Å². The summed E-state index contributed by atoms with van der Waals surface area (Å²) in [6, 6.07) is 9.88. The van der Waals surface area contributed by atoms with Crippen LogP contribution in [0.25, 0.3) is 6.08 Å². The summed E-state index contributed by atoms with van der Waals surface area (Å²) in [4.78, 5) is 20.7. The molecule has 23 heavy (non-hydrogen) atoms. The lowest BCUT2D eigenvalue weighted by Gasteiger charge is -2.34. The Morgan fingerprint density at radius 1 is 1.13 bits per heavy atom. The van der Waals surface area contributed by atoms with E-state index >= 15 is 0 Å². The molecule has 6 heteroatoms. The fourth-order valence-corrected chi connectivity index (χ4v) is 2.63. The maximum atomic E-state index is 12.2. The Morgan fingerprint density at radius 2 is 1.83 bits per heavy atom. The van der Waals surface area contributed by atoms with Crippen LogP contribution in [0.15, 0.2) is 48.8 Å². The smallest absolute Gasteiger partial charge is 0.246 e. The number of halogens is 1. The Morgan fingerprint density at radius 3 is 2.43 bits per heavy atom. The summed E-state index contributed by atoms with van der Waals surface area (Å²) in [5.41, 5.74) is 1.04. The molecule has 0 N–H and O–H groups in total. The molecule has 0 atom stereocenters. The van der Waals surface area contributed by atoms with Crippen LogP contribution in [0.1, 0.15) is 5.56 Å². The molecule has 0 aliphatic carbocycles. The standard InChI is InChI=1S/C17H20N4O.ClH/c1-19-10-9-18-17(19)21-13-11-20(12-14-21)16(22)8-7-15-5-3-2-4-6-15;/h2-10H,11-14H2,1H3;1H/b8-7+;. The van der Waals surface area contributed by atoms with Crippen molar-refractivity contribution in [3.8, 4) is 0 Å². The zero-order chi connectivity index (χ0) is 15.4. The van der Waals surface area contributed by atoms with Crippen LogP contribution in [0.2, 0.25) is 0 Å². The Kier molecular flexibility index (Phi) is 5.82. The number of nitrogens with zero attached hydrogens (tertiary/aromatic N) is 4. The molecule has 3 rings (SSSR count). The summed E-state index contributed by atoms with van der Waals surface area (Å²) in [7, 11) is 1.99.